The number of nitrogens with two attached hydrogens (primary N) is 1. The third kappa shape index (κ3) is 3.53. The third-order valence-electron chi connectivity index (χ3n) is 2.89. The largest absolute Gasteiger partial charge is 0.388 e. The van der Waals surface area contributed by atoms with Gasteiger partial charge in [0.1, 0.15) is 12.4 Å². The van der Waals surface area contributed by atoms with Gasteiger partial charge in [-0.25, -0.2) is 0 Å². The maximum atomic E-state index is 10.6. The van der Waals surface area contributed by atoms with Gasteiger partial charge in [0.25, 0.3) is 0 Å². The van der Waals surface area contributed by atoms with Crippen LogP contribution in [0.5, 0.6) is 0 Å². The average Bonchev–Trinajstić information content (AvgIpc) is 2.38. The Bertz CT molecular complexity index is 369. The zero-order valence-corrected chi connectivity index (χ0v) is 11.4. The Kier molecular flexibility index (Phi) is 7.09. The number of aliphatic hydroxyl groups is 1. The normalized spacial score (nSPS) is 15.3. The SMILES string of the molecule is CCC[C@H](O)[C@@](N)(OC)c1ccc(C=O)cc1.Cl. The predicted octanol–water partition coefficient (Wildman–Crippen LogP) is 1.84. The average molecular weight is 274 g/mol. The van der Waals surface area contributed by atoms with Gasteiger partial charge < -0.3 is 9.84 Å². The van der Waals surface area contributed by atoms with Crippen LogP contribution in [0.4, 0.5) is 0 Å². The van der Waals surface area contributed by atoms with Crippen LogP contribution in [0.3, 0.4) is 0 Å². The van der Waals surface area contributed by atoms with Gasteiger partial charge in [-0.3, -0.25) is 10.5 Å². The topological polar surface area (TPSA) is 72.6 Å². The number of aldehydes is 1. The first-order valence-electron chi connectivity index (χ1n) is 5.66. The Labute approximate surface area is 114 Å². The molecular weight excluding hydrogens is 254 g/mol. The standard InChI is InChI=1S/C13H19NO3.ClH/c1-3-4-12(16)13(14,17-2)11-7-5-10(9-15)6-8-11;/h5-9,12,16H,3-4,14H2,1-2H3;1H/t12-,13-;/m0./s1. The second kappa shape index (κ2) is 7.48. The van der Waals surface area contributed by atoms with Crippen molar-refractivity contribution in [3.05, 3.63) is 35.4 Å². The lowest BCUT2D eigenvalue weighted by Crippen LogP contribution is -2.49. The Hall–Kier alpha value is -0.940. The van der Waals surface area contributed by atoms with Crippen LogP contribution in [0.25, 0.3) is 0 Å². The van der Waals surface area contributed by atoms with Crippen LogP contribution in [-0.4, -0.2) is 24.6 Å². The molecule has 0 heterocycles. The van der Waals surface area contributed by atoms with Crippen molar-refractivity contribution in [1.82, 2.24) is 0 Å². The predicted molar refractivity (Wildman–Crippen MR) is 72.9 cm³/mol. The van der Waals surface area contributed by atoms with Gasteiger partial charge in [0.2, 0.25) is 0 Å². The molecule has 0 saturated carbocycles. The lowest BCUT2D eigenvalue weighted by molar-refractivity contribution is -0.108. The molecule has 1 aromatic rings. The van der Waals surface area contributed by atoms with Gasteiger partial charge in [0, 0.05) is 18.2 Å². The van der Waals surface area contributed by atoms with Crippen molar-refractivity contribution in [1.29, 1.82) is 0 Å². The van der Waals surface area contributed by atoms with Crippen molar-refractivity contribution >= 4 is 18.7 Å². The Balaban J connectivity index is 0.00000289. The Morgan fingerprint density at radius 1 is 1.44 bits per heavy atom. The number of carbonyl (C=O) groups excluding carboxylic acids is 1. The van der Waals surface area contributed by atoms with Gasteiger partial charge in [0.05, 0.1) is 0 Å². The zero-order chi connectivity index (χ0) is 12.9. The number of hydrogen-bond donors (Lipinski definition) is 2. The smallest absolute Gasteiger partial charge is 0.168 e. The monoisotopic (exact) mass is 273 g/mol. The number of hydrogen-bond acceptors (Lipinski definition) is 4. The van der Waals surface area contributed by atoms with Crippen LogP contribution in [-0.2, 0) is 10.5 Å². The van der Waals surface area contributed by atoms with Crippen LogP contribution < -0.4 is 5.73 Å². The molecule has 1 aromatic carbocycles. The molecule has 0 unspecified atom stereocenters. The molecular formula is C13H20ClNO3. The van der Waals surface area contributed by atoms with Gasteiger partial charge in [-0.15, -0.1) is 12.4 Å². The summed E-state index contributed by atoms with van der Waals surface area (Å²) in [4.78, 5) is 10.6. The molecule has 3 N–H and O–H groups in total. The highest BCUT2D eigenvalue weighted by molar-refractivity contribution is 5.85. The van der Waals surface area contributed by atoms with Crippen molar-refractivity contribution in [2.45, 2.75) is 31.6 Å². The van der Waals surface area contributed by atoms with Gasteiger partial charge >= 0.3 is 0 Å². The second-order valence-corrected chi connectivity index (χ2v) is 4.04. The highest BCUT2D eigenvalue weighted by atomic mass is 35.5. The zero-order valence-electron chi connectivity index (χ0n) is 10.6. The van der Waals surface area contributed by atoms with Crippen LogP contribution >= 0.6 is 12.4 Å². The maximum absolute atomic E-state index is 10.6. The van der Waals surface area contributed by atoms with Crippen LogP contribution in [0.15, 0.2) is 24.3 Å². The van der Waals surface area contributed by atoms with Crippen LogP contribution in [0.2, 0.25) is 0 Å². The van der Waals surface area contributed by atoms with E-state index in [0.29, 0.717) is 17.5 Å². The van der Waals surface area contributed by atoms with Crippen molar-refractivity contribution in [2.24, 2.45) is 5.73 Å². The number of halogens is 1. The fourth-order valence-electron chi connectivity index (χ4n) is 1.76. The molecule has 2 atom stereocenters. The number of rotatable bonds is 6. The molecule has 0 amide bonds. The molecule has 18 heavy (non-hydrogen) atoms. The quantitative estimate of drug-likeness (QED) is 0.613. The van der Waals surface area contributed by atoms with Crippen LogP contribution in [0, 0.1) is 0 Å². The molecule has 0 aliphatic carbocycles. The summed E-state index contributed by atoms with van der Waals surface area (Å²) in [5.41, 5.74) is 6.08. The fraction of sp³-hybridized carbons (Fsp3) is 0.462. The van der Waals surface area contributed by atoms with E-state index in [4.69, 9.17) is 10.5 Å². The molecule has 5 heteroatoms. The summed E-state index contributed by atoms with van der Waals surface area (Å²) in [5.74, 6) is 0. The van der Waals surface area contributed by atoms with E-state index in [0.717, 1.165) is 12.7 Å². The molecule has 0 bridgehead atoms. The van der Waals surface area contributed by atoms with E-state index in [1.807, 2.05) is 6.92 Å². The summed E-state index contributed by atoms with van der Waals surface area (Å²) < 4.78 is 5.25. The molecule has 0 aliphatic heterocycles. The molecule has 102 valence electrons. The highest BCUT2D eigenvalue weighted by Gasteiger charge is 2.35. The molecule has 1 rings (SSSR count). The van der Waals surface area contributed by atoms with Gasteiger partial charge in [-0.05, 0) is 6.42 Å². The van der Waals surface area contributed by atoms with Crippen molar-refractivity contribution < 1.29 is 14.6 Å². The van der Waals surface area contributed by atoms with Crippen LogP contribution in [0.1, 0.15) is 35.7 Å². The lowest BCUT2D eigenvalue weighted by Gasteiger charge is -2.33. The first-order chi connectivity index (χ1) is 8.08. The lowest BCUT2D eigenvalue weighted by atomic mass is 9.94. The van der Waals surface area contributed by atoms with E-state index in [-0.39, 0.29) is 12.4 Å². The number of methoxy groups -OCH3 is 1. The minimum Gasteiger partial charge on any atom is -0.388 e. The number of benzene rings is 1. The number of carbonyl (C=O) groups is 1. The minimum atomic E-state index is -1.22. The van der Waals surface area contributed by atoms with E-state index < -0.39 is 11.8 Å². The Morgan fingerprint density at radius 3 is 2.39 bits per heavy atom. The van der Waals surface area contributed by atoms with E-state index in [1.165, 1.54) is 7.11 Å². The molecule has 0 spiro atoms. The first-order valence-corrected chi connectivity index (χ1v) is 5.66. The Morgan fingerprint density at radius 2 is 2.00 bits per heavy atom. The molecule has 0 aromatic heterocycles. The second-order valence-electron chi connectivity index (χ2n) is 4.04. The third-order valence-corrected chi connectivity index (χ3v) is 2.89. The van der Waals surface area contributed by atoms with E-state index in [9.17, 15) is 9.90 Å². The van der Waals surface area contributed by atoms with E-state index >= 15 is 0 Å². The summed E-state index contributed by atoms with van der Waals surface area (Å²) >= 11 is 0. The van der Waals surface area contributed by atoms with E-state index in [2.05, 4.69) is 0 Å². The van der Waals surface area contributed by atoms with Crippen molar-refractivity contribution in [3.63, 3.8) is 0 Å². The minimum absolute atomic E-state index is 0. The number of aliphatic hydroxyl groups excluding tert-OH is 1. The molecule has 0 radical (unpaired) electrons. The summed E-state index contributed by atoms with van der Waals surface area (Å²) in [5, 5.41) is 10.0. The van der Waals surface area contributed by atoms with Gasteiger partial charge in [-0.2, -0.15) is 0 Å². The fourth-order valence-corrected chi connectivity index (χ4v) is 1.76. The van der Waals surface area contributed by atoms with Gasteiger partial charge in [-0.1, -0.05) is 37.6 Å². The molecule has 0 saturated heterocycles. The summed E-state index contributed by atoms with van der Waals surface area (Å²) in [7, 11) is 1.46. The van der Waals surface area contributed by atoms with E-state index in [1.54, 1.807) is 24.3 Å². The maximum Gasteiger partial charge on any atom is 0.168 e. The molecule has 0 fully saturated rings. The van der Waals surface area contributed by atoms with Gasteiger partial charge in [0.15, 0.2) is 5.72 Å². The summed E-state index contributed by atoms with van der Waals surface area (Å²) in [6, 6.07) is 6.71. The molecule has 4 nitrogen and oxygen atoms in total. The van der Waals surface area contributed by atoms with Crippen molar-refractivity contribution in [3.8, 4) is 0 Å². The molecule has 0 aliphatic rings. The number of ether oxygens (including phenoxy) is 1. The summed E-state index contributed by atoms with van der Waals surface area (Å²) in [6.45, 7) is 1.97. The summed E-state index contributed by atoms with van der Waals surface area (Å²) in [6.07, 6.45) is 1.35. The first kappa shape index (κ1) is 17.1. The van der Waals surface area contributed by atoms with Crippen molar-refractivity contribution in [2.75, 3.05) is 7.11 Å². The highest BCUT2D eigenvalue weighted by Crippen LogP contribution is 2.26.